The molecule has 5 nitrogen and oxygen atoms in total. The van der Waals surface area contributed by atoms with E-state index in [0.717, 1.165) is 50.5 Å². The Bertz CT molecular complexity index is 979. The lowest BCUT2D eigenvalue weighted by atomic mass is 9.33. The highest BCUT2D eigenvalue weighted by molar-refractivity contribution is 5.84. The Balaban J connectivity index is 1.67. The summed E-state index contributed by atoms with van der Waals surface area (Å²) in [7, 11) is 0. The van der Waals surface area contributed by atoms with Gasteiger partial charge in [0.15, 0.2) is 0 Å². The second-order valence-electron chi connectivity index (χ2n) is 14.9. The summed E-state index contributed by atoms with van der Waals surface area (Å²) in [5.41, 5.74) is -1.51. The van der Waals surface area contributed by atoms with Crippen molar-refractivity contribution in [2.75, 3.05) is 0 Å². The molecule has 5 heteroatoms. The van der Waals surface area contributed by atoms with Crippen LogP contribution in [0.2, 0.25) is 0 Å². The number of carboxylic acids is 2. The number of aliphatic hydroxyl groups is 1. The van der Waals surface area contributed by atoms with E-state index < -0.39 is 28.2 Å². The number of fused-ring (bicyclic) bond motifs is 7. The third-order valence-electron chi connectivity index (χ3n) is 12.9. The highest BCUT2D eigenvalue weighted by atomic mass is 16.4. The van der Waals surface area contributed by atoms with Crippen molar-refractivity contribution in [2.24, 2.45) is 50.2 Å². The fourth-order valence-corrected chi connectivity index (χ4v) is 10.7. The summed E-state index contributed by atoms with van der Waals surface area (Å²) in [6, 6.07) is 0. The van der Waals surface area contributed by atoms with Crippen LogP contribution in [0.25, 0.3) is 0 Å². The highest BCUT2D eigenvalue weighted by Crippen LogP contribution is 2.75. The number of aliphatic carboxylic acids is 2. The zero-order valence-corrected chi connectivity index (χ0v) is 22.6. The van der Waals surface area contributed by atoms with Crippen molar-refractivity contribution in [3.63, 3.8) is 0 Å². The number of aliphatic hydroxyl groups excluding tert-OH is 1. The fourth-order valence-electron chi connectivity index (χ4n) is 10.7. The Hall–Kier alpha value is -1.36. The number of hydrogen-bond donors (Lipinski definition) is 3. The fraction of sp³-hybridized carbons (Fsp3) is 0.867. The summed E-state index contributed by atoms with van der Waals surface area (Å²) in [4.78, 5) is 26.3. The van der Waals surface area contributed by atoms with Gasteiger partial charge in [0.1, 0.15) is 0 Å². The molecular formula is C30H46O5. The molecule has 8 atom stereocenters. The van der Waals surface area contributed by atoms with Crippen LogP contribution in [0.4, 0.5) is 0 Å². The molecule has 0 aliphatic heterocycles. The van der Waals surface area contributed by atoms with Crippen molar-refractivity contribution in [3.05, 3.63) is 11.6 Å². The largest absolute Gasteiger partial charge is 0.481 e. The van der Waals surface area contributed by atoms with Crippen LogP contribution in [0.5, 0.6) is 0 Å². The summed E-state index contributed by atoms with van der Waals surface area (Å²) in [6.45, 7) is 13.4. The average Bonchev–Trinajstić information content (AvgIpc) is 2.75. The van der Waals surface area contributed by atoms with Crippen LogP contribution in [0, 0.1) is 50.2 Å². The molecule has 35 heavy (non-hydrogen) atoms. The number of carbonyl (C=O) groups is 2. The molecule has 4 fully saturated rings. The molecular weight excluding hydrogens is 440 g/mol. The van der Waals surface area contributed by atoms with E-state index in [2.05, 4.69) is 47.6 Å². The van der Waals surface area contributed by atoms with Gasteiger partial charge in [0.25, 0.3) is 0 Å². The molecule has 4 saturated carbocycles. The molecule has 0 saturated heterocycles. The normalized spacial score (nSPS) is 50.0. The van der Waals surface area contributed by atoms with Gasteiger partial charge in [0.05, 0.1) is 16.9 Å². The van der Waals surface area contributed by atoms with Crippen LogP contribution < -0.4 is 0 Å². The van der Waals surface area contributed by atoms with Gasteiger partial charge in [0.2, 0.25) is 0 Å². The van der Waals surface area contributed by atoms with Gasteiger partial charge in [-0.3, -0.25) is 9.59 Å². The summed E-state index contributed by atoms with van der Waals surface area (Å²) in [6.07, 6.45) is 9.32. The molecule has 0 aromatic carbocycles. The quantitative estimate of drug-likeness (QED) is 0.398. The van der Waals surface area contributed by atoms with E-state index in [0.29, 0.717) is 25.2 Å². The molecule has 0 aromatic rings. The van der Waals surface area contributed by atoms with Gasteiger partial charge in [-0.25, -0.2) is 0 Å². The second-order valence-corrected chi connectivity index (χ2v) is 14.9. The van der Waals surface area contributed by atoms with Crippen molar-refractivity contribution >= 4 is 11.9 Å². The van der Waals surface area contributed by atoms with Crippen molar-refractivity contribution in [2.45, 2.75) is 112 Å². The minimum atomic E-state index is -0.999. The molecule has 5 aliphatic rings. The first kappa shape index (κ1) is 25.3. The molecule has 5 rings (SSSR count). The Morgan fingerprint density at radius 1 is 0.829 bits per heavy atom. The maximum atomic E-state index is 13.5. The Kier molecular flexibility index (Phi) is 5.32. The summed E-state index contributed by atoms with van der Waals surface area (Å²) >= 11 is 0. The Morgan fingerprint density at radius 3 is 2.11 bits per heavy atom. The van der Waals surface area contributed by atoms with Gasteiger partial charge in [-0.1, -0.05) is 53.2 Å². The molecule has 0 spiro atoms. The molecule has 0 aromatic heterocycles. The smallest absolute Gasteiger partial charge is 0.314 e. The van der Waals surface area contributed by atoms with Gasteiger partial charge < -0.3 is 15.3 Å². The van der Waals surface area contributed by atoms with Crippen molar-refractivity contribution in [1.29, 1.82) is 0 Å². The number of carboxylic acid groups (broad SMARTS) is 2. The van der Waals surface area contributed by atoms with E-state index in [9.17, 15) is 24.9 Å². The van der Waals surface area contributed by atoms with E-state index in [1.165, 1.54) is 0 Å². The maximum Gasteiger partial charge on any atom is 0.314 e. The maximum absolute atomic E-state index is 13.5. The summed E-state index contributed by atoms with van der Waals surface area (Å²) in [5, 5.41) is 32.4. The standard InChI is InChI=1S/C30H46O5/c1-25(2)13-14-29(23(32)33)15-16-30(24(34)35)18(19(29)17-25)7-8-21-27(5)11-10-22(31)26(3,4)20(27)9-12-28(21,30)6/h7,19-22,31H,8-17H2,1-6H3,(H,32,33)(H,34,35). The minimum Gasteiger partial charge on any atom is -0.481 e. The topological polar surface area (TPSA) is 94.8 Å². The molecule has 0 bridgehead atoms. The van der Waals surface area contributed by atoms with E-state index >= 15 is 0 Å². The monoisotopic (exact) mass is 486 g/mol. The van der Waals surface area contributed by atoms with Crippen LogP contribution in [-0.2, 0) is 9.59 Å². The lowest BCUT2D eigenvalue weighted by Gasteiger charge is -2.70. The molecule has 8 unspecified atom stereocenters. The average molecular weight is 487 g/mol. The highest BCUT2D eigenvalue weighted by Gasteiger charge is 2.73. The number of hydrogen-bond acceptors (Lipinski definition) is 3. The predicted molar refractivity (Wildman–Crippen MR) is 135 cm³/mol. The van der Waals surface area contributed by atoms with Gasteiger partial charge in [-0.05, 0) is 104 Å². The van der Waals surface area contributed by atoms with Crippen molar-refractivity contribution in [1.82, 2.24) is 0 Å². The number of allylic oxidation sites excluding steroid dienone is 1. The van der Waals surface area contributed by atoms with Crippen molar-refractivity contribution in [3.8, 4) is 0 Å². The van der Waals surface area contributed by atoms with Crippen LogP contribution in [0.15, 0.2) is 11.6 Å². The first-order chi connectivity index (χ1) is 16.1. The van der Waals surface area contributed by atoms with E-state index in [1.54, 1.807) is 0 Å². The third kappa shape index (κ3) is 2.97. The third-order valence-corrected chi connectivity index (χ3v) is 12.9. The Labute approximate surface area is 210 Å². The Morgan fingerprint density at radius 2 is 1.49 bits per heavy atom. The zero-order valence-electron chi connectivity index (χ0n) is 22.6. The molecule has 0 amide bonds. The van der Waals surface area contributed by atoms with Gasteiger partial charge in [-0.15, -0.1) is 0 Å². The van der Waals surface area contributed by atoms with Crippen LogP contribution >= 0.6 is 0 Å². The predicted octanol–water partition coefficient (Wildman–Crippen LogP) is 6.30. The molecule has 5 aliphatic carbocycles. The molecule has 3 N–H and O–H groups in total. The second kappa shape index (κ2) is 7.36. The summed E-state index contributed by atoms with van der Waals surface area (Å²) < 4.78 is 0. The summed E-state index contributed by atoms with van der Waals surface area (Å²) in [5.74, 6) is -1.11. The first-order valence-corrected chi connectivity index (χ1v) is 13.9. The lowest BCUT2D eigenvalue weighted by molar-refractivity contribution is -0.215. The molecule has 0 heterocycles. The number of rotatable bonds is 2. The first-order valence-electron chi connectivity index (χ1n) is 13.9. The van der Waals surface area contributed by atoms with Crippen molar-refractivity contribution < 1.29 is 24.9 Å². The van der Waals surface area contributed by atoms with Crippen LogP contribution in [0.1, 0.15) is 106 Å². The zero-order chi connectivity index (χ0) is 25.8. The molecule has 0 radical (unpaired) electrons. The minimum absolute atomic E-state index is 0.0109. The van der Waals surface area contributed by atoms with Gasteiger partial charge >= 0.3 is 11.9 Å². The molecule has 196 valence electrons. The van der Waals surface area contributed by atoms with Gasteiger partial charge in [-0.2, -0.15) is 0 Å². The van der Waals surface area contributed by atoms with E-state index in [1.807, 2.05) is 0 Å². The SMILES string of the molecule is CC1(C)CCC2(C(=O)O)CCC3(C(=O)O)C(=CCC4C5(C)CCC(O)C(C)(C)C5CCC43C)C2C1. The van der Waals surface area contributed by atoms with E-state index in [4.69, 9.17) is 0 Å². The van der Waals surface area contributed by atoms with E-state index in [-0.39, 0.29) is 34.2 Å². The van der Waals surface area contributed by atoms with Crippen LogP contribution in [-0.4, -0.2) is 33.4 Å². The van der Waals surface area contributed by atoms with Crippen LogP contribution in [0.3, 0.4) is 0 Å². The van der Waals surface area contributed by atoms with Gasteiger partial charge in [0, 0.05) is 0 Å². The lowest BCUT2D eigenvalue weighted by Crippen LogP contribution is -2.67.